The van der Waals surface area contributed by atoms with E-state index >= 15 is 0 Å². The normalized spacial score (nSPS) is 15.6. The van der Waals surface area contributed by atoms with Crippen LogP contribution in [0.3, 0.4) is 0 Å². The van der Waals surface area contributed by atoms with Gasteiger partial charge in [0, 0.05) is 56.3 Å². The van der Waals surface area contributed by atoms with Gasteiger partial charge in [0.2, 0.25) is 11.9 Å². The van der Waals surface area contributed by atoms with Gasteiger partial charge in [-0.25, -0.2) is 9.37 Å². The Kier molecular flexibility index (Phi) is 5.80. The van der Waals surface area contributed by atoms with Crippen molar-refractivity contribution < 1.29 is 18.4 Å². The average Bonchev–Trinajstić information content (AvgIpc) is 2.85. The summed E-state index contributed by atoms with van der Waals surface area (Å²) in [7, 11) is 0. The molecule has 3 N–H and O–H groups in total. The molecule has 4 heterocycles. The van der Waals surface area contributed by atoms with Crippen LogP contribution in [0.1, 0.15) is 22.8 Å². The largest absolute Gasteiger partial charge is 0.383 e. The Bertz CT molecular complexity index is 1320. The maximum absolute atomic E-state index is 15.0. The summed E-state index contributed by atoms with van der Waals surface area (Å²) < 4.78 is 29.8. The topological polar surface area (TPSA) is 104 Å². The number of nitrogens with two attached hydrogens (primary N) is 1. The summed E-state index contributed by atoms with van der Waals surface area (Å²) in [5.74, 6) is -1.86. The minimum absolute atomic E-state index is 0.0545. The van der Waals surface area contributed by atoms with Gasteiger partial charge in [-0.2, -0.15) is 4.39 Å². The summed E-state index contributed by atoms with van der Waals surface area (Å²) in [6.07, 6.45) is 2.20. The molecule has 2 aliphatic rings. The SMILES string of the molecule is CC(=O)N1CCN(c2ccc(-c3cc(-c4cc5c(cc4F)C(=O)NCC5)c(N)nc3F)nc2)CC1. The molecule has 35 heavy (non-hydrogen) atoms. The van der Waals surface area contributed by atoms with Crippen LogP contribution in [0.2, 0.25) is 0 Å². The minimum Gasteiger partial charge on any atom is -0.383 e. The first-order chi connectivity index (χ1) is 16.8. The van der Waals surface area contributed by atoms with Crippen molar-refractivity contribution in [2.24, 2.45) is 0 Å². The summed E-state index contributed by atoms with van der Waals surface area (Å²) in [4.78, 5) is 35.7. The molecule has 10 heteroatoms. The zero-order valence-electron chi connectivity index (χ0n) is 19.1. The Morgan fingerprint density at radius 2 is 1.80 bits per heavy atom. The molecule has 1 aromatic carbocycles. The number of nitrogens with zero attached hydrogens (tertiary/aromatic N) is 4. The van der Waals surface area contributed by atoms with Gasteiger partial charge in [0.05, 0.1) is 23.1 Å². The van der Waals surface area contributed by atoms with Crippen molar-refractivity contribution in [1.29, 1.82) is 0 Å². The molecular formula is C25H24F2N6O2. The number of benzene rings is 1. The van der Waals surface area contributed by atoms with Crippen molar-refractivity contribution in [2.75, 3.05) is 43.4 Å². The first kappa shape index (κ1) is 22.7. The number of pyridine rings is 2. The van der Waals surface area contributed by atoms with E-state index in [0.717, 1.165) is 5.69 Å². The summed E-state index contributed by atoms with van der Waals surface area (Å²) in [6, 6.07) is 7.72. The number of hydrogen-bond donors (Lipinski definition) is 2. The van der Waals surface area contributed by atoms with Crippen LogP contribution in [-0.4, -0.2) is 59.4 Å². The first-order valence-electron chi connectivity index (χ1n) is 11.4. The maximum atomic E-state index is 15.0. The Morgan fingerprint density at radius 1 is 1.03 bits per heavy atom. The van der Waals surface area contributed by atoms with Gasteiger partial charge >= 0.3 is 0 Å². The number of carbonyl (C=O) groups is 2. The van der Waals surface area contributed by atoms with Crippen LogP contribution in [0, 0.1) is 11.8 Å². The number of aromatic nitrogens is 2. The monoisotopic (exact) mass is 478 g/mol. The first-order valence-corrected chi connectivity index (χ1v) is 11.4. The summed E-state index contributed by atoms with van der Waals surface area (Å²) in [6.45, 7) is 4.63. The lowest BCUT2D eigenvalue weighted by Gasteiger charge is -2.35. The summed E-state index contributed by atoms with van der Waals surface area (Å²) in [5.41, 5.74) is 8.64. The lowest BCUT2D eigenvalue weighted by atomic mass is 9.94. The molecule has 8 nitrogen and oxygen atoms in total. The number of piperazine rings is 1. The van der Waals surface area contributed by atoms with Gasteiger partial charge in [-0.3, -0.25) is 14.6 Å². The fraction of sp³-hybridized carbons (Fsp3) is 0.280. The highest BCUT2D eigenvalue weighted by Gasteiger charge is 2.23. The molecule has 0 bridgehead atoms. The molecule has 1 fully saturated rings. The average molecular weight is 479 g/mol. The van der Waals surface area contributed by atoms with Crippen LogP contribution in [-0.2, 0) is 11.2 Å². The lowest BCUT2D eigenvalue weighted by molar-refractivity contribution is -0.129. The molecule has 0 unspecified atom stereocenters. The molecule has 0 spiro atoms. The van der Waals surface area contributed by atoms with E-state index in [-0.39, 0.29) is 39.9 Å². The number of nitrogen functional groups attached to an aromatic ring is 1. The molecule has 1 saturated heterocycles. The maximum Gasteiger partial charge on any atom is 0.251 e. The Morgan fingerprint density at radius 3 is 2.49 bits per heavy atom. The van der Waals surface area contributed by atoms with Gasteiger partial charge in [0.25, 0.3) is 5.91 Å². The van der Waals surface area contributed by atoms with Gasteiger partial charge in [-0.05, 0) is 42.3 Å². The molecule has 3 aromatic rings. The molecule has 0 aliphatic carbocycles. The zero-order valence-corrected chi connectivity index (χ0v) is 19.1. The smallest absolute Gasteiger partial charge is 0.251 e. The fourth-order valence-corrected chi connectivity index (χ4v) is 4.56. The summed E-state index contributed by atoms with van der Waals surface area (Å²) in [5, 5.41) is 2.69. The van der Waals surface area contributed by atoms with Gasteiger partial charge in [0.1, 0.15) is 11.6 Å². The standard InChI is InChI=1S/C25H24F2N6O2/c1-14(34)32-6-8-33(9-7-32)16-2-3-22(30-13-16)20-11-19(24(28)31-23(20)27)18-10-15-4-5-29-25(35)17(15)12-21(18)26/h2-3,10-13H,4-9H2,1H3,(H2,28,31)(H,29,35). The number of nitrogens with one attached hydrogen (secondary N) is 1. The summed E-state index contributed by atoms with van der Waals surface area (Å²) >= 11 is 0. The minimum atomic E-state index is -0.806. The van der Waals surface area contributed by atoms with Crippen molar-refractivity contribution in [3.05, 3.63) is 59.4 Å². The Hall–Kier alpha value is -4.08. The quantitative estimate of drug-likeness (QED) is 0.561. The van der Waals surface area contributed by atoms with E-state index in [1.54, 1.807) is 30.2 Å². The van der Waals surface area contributed by atoms with Crippen LogP contribution >= 0.6 is 0 Å². The van der Waals surface area contributed by atoms with E-state index in [2.05, 4.69) is 20.2 Å². The van der Waals surface area contributed by atoms with Crippen LogP contribution in [0.5, 0.6) is 0 Å². The van der Waals surface area contributed by atoms with Crippen LogP contribution in [0.25, 0.3) is 22.4 Å². The molecule has 2 aliphatic heterocycles. The molecule has 0 radical (unpaired) electrons. The number of fused-ring (bicyclic) bond motifs is 1. The molecule has 180 valence electrons. The number of anilines is 2. The number of rotatable bonds is 3. The molecular weight excluding hydrogens is 454 g/mol. The van der Waals surface area contributed by atoms with E-state index in [1.807, 2.05) is 6.07 Å². The number of hydrogen-bond acceptors (Lipinski definition) is 6. The lowest BCUT2D eigenvalue weighted by Crippen LogP contribution is -2.48. The van der Waals surface area contributed by atoms with Crippen molar-refractivity contribution in [3.63, 3.8) is 0 Å². The highest BCUT2D eigenvalue weighted by Crippen LogP contribution is 2.34. The van der Waals surface area contributed by atoms with Crippen molar-refractivity contribution in [3.8, 4) is 22.4 Å². The third-order valence-electron chi connectivity index (χ3n) is 6.53. The second-order valence-electron chi connectivity index (χ2n) is 8.65. The molecule has 5 rings (SSSR count). The predicted octanol–water partition coefficient (Wildman–Crippen LogP) is 2.63. The highest BCUT2D eigenvalue weighted by atomic mass is 19.1. The molecule has 0 atom stereocenters. The highest BCUT2D eigenvalue weighted by molar-refractivity contribution is 5.97. The van der Waals surface area contributed by atoms with Gasteiger partial charge in [-0.15, -0.1) is 0 Å². The number of halogens is 2. The van der Waals surface area contributed by atoms with E-state index in [4.69, 9.17) is 5.73 Å². The fourth-order valence-electron chi connectivity index (χ4n) is 4.56. The van der Waals surface area contributed by atoms with Crippen LogP contribution < -0.4 is 16.0 Å². The van der Waals surface area contributed by atoms with Crippen molar-refractivity contribution in [1.82, 2.24) is 20.2 Å². The molecule has 0 saturated carbocycles. The van der Waals surface area contributed by atoms with Gasteiger partial charge < -0.3 is 20.9 Å². The van der Waals surface area contributed by atoms with Crippen LogP contribution in [0.4, 0.5) is 20.3 Å². The molecule has 2 amide bonds. The van der Waals surface area contributed by atoms with Crippen LogP contribution in [0.15, 0.2) is 36.5 Å². The second-order valence-corrected chi connectivity index (χ2v) is 8.65. The third kappa shape index (κ3) is 4.27. The van der Waals surface area contributed by atoms with Gasteiger partial charge in [-0.1, -0.05) is 0 Å². The second kappa shape index (κ2) is 8.94. The van der Waals surface area contributed by atoms with E-state index in [1.165, 1.54) is 12.1 Å². The third-order valence-corrected chi connectivity index (χ3v) is 6.53. The Labute approximate surface area is 200 Å². The zero-order chi connectivity index (χ0) is 24.7. The Balaban J connectivity index is 1.45. The van der Waals surface area contributed by atoms with Gasteiger partial charge in [0.15, 0.2) is 0 Å². The van der Waals surface area contributed by atoms with Crippen molar-refractivity contribution in [2.45, 2.75) is 13.3 Å². The number of carbonyl (C=O) groups excluding carboxylic acids is 2. The van der Waals surface area contributed by atoms with E-state index < -0.39 is 11.8 Å². The predicted molar refractivity (Wildman–Crippen MR) is 128 cm³/mol. The van der Waals surface area contributed by atoms with E-state index in [0.29, 0.717) is 50.4 Å². The number of amides is 2. The molecule has 2 aromatic heterocycles. The van der Waals surface area contributed by atoms with E-state index in [9.17, 15) is 18.4 Å². The van der Waals surface area contributed by atoms with Crippen molar-refractivity contribution >= 4 is 23.3 Å².